The van der Waals surface area contributed by atoms with Crippen LogP contribution in [0.15, 0.2) is 18.3 Å². The molecule has 0 aliphatic heterocycles. The summed E-state index contributed by atoms with van der Waals surface area (Å²) in [7, 11) is 3.40. The van der Waals surface area contributed by atoms with Gasteiger partial charge in [0.1, 0.15) is 5.75 Å². The molecule has 1 aromatic rings. The molecule has 0 bridgehead atoms. The smallest absolute Gasteiger partial charge is 0.259 e. The minimum Gasteiger partial charge on any atom is -0.482 e. The van der Waals surface area contributed by atoms with Crippen LogP contribution < -0.4 is 10.1 Å². The molecule has 0 radical (unpaired) electrons. The molecule has 0 unspecified atom stereocenters. The highest BCUT2D eigenvalue weighted by molar-refractivity contribution is 5.77. The Morgan fingerprint density at radius 3 is 2.76 bits per heavy atom. The van der Waals surface area contributed by atoms with Crippen LogP contribution in [0.1, 0.15) is 12.6 Å². The van der Waals surface area contributed by atoms with Crippen LogP contribution in [-0.2, 0) is 11.3 Å². The number of carbonyl (C=O) groups excluding carboxylic acids is 1. The standard InChI is InChI=1S/C12H19N3O2/c1-4-13-7-10-5-6-11(8-14-10)17-9-12(16)15(2)3/h5-6,8,13H,4,7,9H2,1-3H3. The lowest BCUT2D eigenvalue weighted by Gasteiger charge is -2.11. The number of likely N-dealkylation sites (N-methyl/N-ethyl adjacent to an activating group) is 1. The Balaban J connectivity index is 2.42. The van der Waals surface area contributed by atoms with Crippen LogP contribution in [0, 0.1) is 0 Å². The normalized spacial score (nSPS) is 10.1. The van der Waals surface area contributed by atoms with Gasteiger partial charge in [-0.15, -0.1) is 0 Å². The summed E-state index contributed by atoms with van der Waals surface area (Å²) >= 11 is 0. The average molecular weight is 237 g/mol. The minimum absolute atomic E-state index is 0.0429. The van der Waals surface area contributed by atoms with Crippen molar-refractivity contribution in [3.63, 3.8) is 0 Å². The van der Waals surface area contributed by atoms with Gasteiger partial charge >= 0.3 is 0 Å². The molecular weight excluding hydrogens is 218 g/mol. The summed E-state index contributed by atoms with van der Waals surface area (Å²) in [6.07, 6.45) is 1.63. The zero-order chi connectivity index (χ0) is 12.7. The van der Waals surface area contributed by atoms with E-state index in [0.29, 0.717) is 5.75 Å². The average Bonchev–Trinajstić information content (AvgIpc) is 2.34. The molecule has 94 valence electrons. The Hall–Kier alpha value is -1.62. The number of amides is 1. The SMILES string of the molecule is CCNCc1ccc(OCC(=O)N(C)C)cn1. The zero-order valence-electron chi connectivity index (χ0n) is 10.6. The number of hydrogen-bond donors (Lipinski definition) is 1. The second-order valence-electron chi connectivity index (χ2n) is 3.84. The molecule has 5 heteroatoms. The number of ether oxygens (including phenoxy) is 1. The molecule has 17 heavy (non-hydrogen) atoms. The van der Waals surface area contributed by atoms with E-state index in [1.165, 1.54) is 4.90 Å². The predicted octanol–water partition coefficient (Wildman–Crippen LogP) is 0.658. The summed E-state index contributed by atoms with van der Waals surface area (Å²) in [5.74, 6) is 0.544. The first-order valence-electron chi connectivity index (χ1n) is 5.62. The fraction of sp³-hybridized carbons (Fsp3) is 0.500. The molecule has 1 N–H and O–H groups in total. The summed E-state index contributed by atoms with van der Waals surface area (Å²) < 4.78 is 5.31. The van der Waals surface area contributed by atoms with E-state index in [-0.39, 0.29) is 12.5 Å². The van der Waals surface area contributed by atoms with E-state index in [4.69, 9.17) is 4.74 Å². The van der Waals surface area contributed by atoms with E-state index >= 15 is 0 Å². The van der Waals surface area contributed by atoms with Gasteiger partial charge < -0.3 is 15.0 Å². The van der Waals surface area contributed by atoms with Crippen molar-refractivity contribution in [3.05, 3.63) is 24.0 Å². The quantitative estimate of drug-likeness (QED) is 0.789. The fourth-order valence-electron chi connectivity index (χ4n) is 1.13. The molecule has 0 aliphatic rings. The molecule has 0 aliphatic carbocycles. The molecule has 5 nitrogen and oxygen atoms in total. The molecule has 0 saturated heterocycles. The Labute approximate surface area is 102 Å². The Bertz CT molecular complexity index is 349. The highest BCUT2D eigenvalue weighted by Crippen LogP contribution is 2.09. The first kappa shape index (κ1) is 13.4. The molecule has 0 atom stereocenters. The molecule has 0 saturated carbocycles. The number of carbonyl (C=O) groups is 1. The van der Waals surface area contributed by atoms with Gasteiger partial charge in [-0.2, -0.15) is 0 Å². The summed E-state index contributed by atoms with van der Waals surface area (Å²) in [5.41, 5.74) is 0.957. The zero-order valence-corrected chi connectivity index (χ0v) is 10.6. The van der Waals surface area contributed by atoms with Crippen molar-refractivity contribution in [2.24, 2.45) is 0 Å². The summed E-state index contributed by atoms with van der Waals surface area (Å²) in [4.78, 5) is 17.0. The highest BCUT2D eigenvalue weighted by Gasteiger charge is 2.04. The summed E-state index contributed by atoms with van der Waals surface area (Å²) in [5, 5.41) is 3.19. The number of hydrogen-bond acceptors (Lipinski definition) is 4. The van der Waals surface area contributed by atoms with Crippen molar-refractivity contribution in [3.8, 4) is 5.75 Å². The van der Waals surface area contributed by atoms with Crippen LogP contribution in [0.4, 0.5) is 0 Å². The summed E-state index contributed by atoms with van der Waals surface area (Å²) in [6.45, 7) is 3.75. The van der Waals surface area contributed by atoms with Crippen LogP contribution in [0.2, 0.25) is 0 Å². The number of nitrogens with one attached hydrogen (secondary N) is 1. The molecule has 0 spiro atoms. The Morgan fingerprint density at radius 1 is 1.47 bits per heavy atom. The van der Waals surface area contributed by atoms with Gasteiger partial charge in [-0.25, -0.2) is 0 Å². The maximum atomic E-state index is 11.3. The number of rotatable bonds is 6. The van der Waals surface area contributed by atoms with Crippen LogP contribution in [0.5, 0.6) is 5.75 Å². The van der Waals surface area contributed by atoms with Crippen LogP contribution in [-0.4, -0.2) is 43.0 Å². The molecule has 1 amide bonds. The van der Waals surface area contributed by atoms with Crippen molar-refractivity contribution < 1.29 is 9.53 Å². The van der Waals surface area contributed by atoms with Crippen molar-refractivity contribution in [1.29, 1.82) is 0 Å². The van der Waals surface area contributed by atoms with Crippen LogP contribution in [0.3, 0.4) is 0 Å². The second-order valence-corrected chi connectivity index (χ2v) is 3.84. The van der Waals surface area contributed by atoms with E-state index in [1.54, 1.807) is 20.3 Å². The topological polar surface area (TPSA) is 54.5 Å². The van der Waals surface area contributed by atoms with Crippen molar-refractivity contribution in [2.45, 2.75) is 13.5 Å². The predicted molar refractivity (Wildman–Crippen MR) is 65.8 cm³/mol. The van der Waals surface area contributed by atoms with E-state index in [0.717, 1.165) is 18.8 Å². The van der Waals surface area contributed by atoms with Gasteiger partial charge in [-0.05, 0) is 18.7 Å². The second kappa shape index (κ2) is 6.85. The lowest BCUT2D eigenvalue weighted by atomic mass is 10.3. The van der Waals surface area contributed by atoms with Gasteiger partial charge in [0.05, 0.1) is 11.9 Å². The van der Waals surface area contributed by atoms with Gasteiger partial charge in [0.2, 0.25) is 0 Å². The van der Waals surface area contributed by atoms with Gasteiger partial charge in [-0.3, -0.25) is 9.78 Å². The number of nitrogens with zero attached hydrogens (tertiary/aromatic N) is 2. The number of pyridine rings is 1. The van der Waals surface area contributed by atoms with Gasteiger partial charge in [0.25, 0.3) is 5.91 Å². The van der Waals surface area contributed by atoms with E-state index in [1.807, 2.05) is 19.1 Å². The molecule has 1 heterocycles. The van der Waals surface area contributed by atoms with E-state index < -0.39 is 0 Å². The molecule has 0 aromatic carbocycles. The van der Waals surface area contributed by atoms with Gasteiger partial charge in [-0.1, -0.05) is 6.92 Å². The third-order valence-corrected chi connectivity index (χ3v) is 2.21. The Morgan fingerprint density at radius 2 is 2.24 bits per heavy atom. The van der Waals surface area contributed by atoms with Gasteiger partial charge in [0, 0.05) is 20.6 Å². The highest BCUT2D eigenvalue weighted by atomic mass is 16.5. The molecular formula is C12H19N3O2. The maximum Gasteiger partial charge on any atom is 0.259 e. The van der Waals surface area contributed by atoms with Crippen molar-refractivity contribution in [2.75, 3.05) is 27.2 Å². The lowest BCUT2D eigenvalue weighted by molar-refractivity contribution is -0.130. The van der Waals surface area contributed by atoms with Gasteiger partial charge in [0.15, 0.2) is 6.61 Å². The van der Waals surface area contributed by atoms with E-state index in [2.05, 4.69) is 10.3 Å². The fourth-order valence-corrected chi connectivity index (χ4v) is 1.13. The lowest BCUT2D eigenvalue weighted by Crippen LogP contribution is -2.27. The molecule has 0 fully saturated rings. The largest absolute Gasteiger partial charge is 0.482 e. The first-order valence-corrected chi connectivity index (χ1v) is 5.62. The van der Waals surface area contributed by atoms with E-state index in [9.17, 15) is 4.79 Å². The molecule has 1 aromatic heterocycles. The van der Waals surface area contributed by atoms with Crippen LogP contribution >= 0.6 is 0 Å². The monoisotopic (exact) mass is 237 g/mol. The van der Waals surface area contributed by atoms with Crippen LogP contribution in [0.25, 0.3) is 0 Å². The minimum atomic E-state index is -0.0678. The third-order valence-electron chi connectivity index (χ3n) is 2.21. The maximum absolute atomic E-state index is 11.3. The van der Waals surface area contributed by atoms with Crippen molar-refractivity contribution in [1.82, 2.24) is 15.2 Å². The third kappa shape index (κ3) is 4.82. The summed E-state index contributed by atoms with van der Waals surface area (Å²) in [6, 6.07) is 3.71. The van der Waals surface area contributed by atoms with Crippen molar-refractivity contribution >= 4 is 5.91 Å². The molecule has 1 rings (SSSR count). The first-order chi connectivity index (χ1) is 8.13. The Kier molecular flexibility index (Phi) is 5.42. The number of aromatic nitrogens is 1.